The molecule has 1 aromatic carbocycles. The molecule has 15 heavy (non-hydrogen) atoms. The first-order chi connectivity index (χ1) is 7.27. The highest BCUT2D eigenvalue weighted by Crippen LogP contribution is 2.33. The number of halogens is 1. The Labute approximate surface area is 100 Å². The summed E-state index contributed by atoms with van der Waals surface area (Å²) < 4.78 is 1.13. The monoisotopic (exact) mass is 267 g/mol. The Bertz CT molecular complexity index is 318. The van der Waals surface area contributed by atoms with E-state index in [1.165, 1.54) is 37.7 Å². The molecule has 0 aromatic heterocycles. The normalized spacial score (nSPS) is 20.1. The molecule has 0 unspecified atom stereocenters. The van der Waals surface area contributed by atoms with Crippen molar-refractivity contribution >= 4 is 15.9 Å². The third-order valence-corrected chi connectivity index (χ3v) is 3.88. The zero-order chi connectivity index (χ0) is 10.7. The van der Waals surface area contributed by atoms with Crippen molar-refractivity contribution in [2.24, 2.45) is 11.7 Å². The van der Waals surface area contributed by atoms with Gasteiger partial charge in [-0.15, -0.1) is 0 Å². The van der Waals surface area contributed by atoms with Crippen LogP contribution in [0.3, 0.4) is 0 Å². The average Bonchev–Trinajstić information content (AvgIpc) is 2.29. The summed E-state index contributed by atoms with van der Waals surface area (Å²) in [6.07, 6.45) is 6.70. The van der Waals surface area contributed by atoms with E-state index in [0.717, 1.165) is 4.47 Å². The van der Waals surface area contributed by atoms with Gasteiger partial charge in [0.25, 0.3) is 0 Å². The van der Waals surface area contributed by atoms with Gasteiger partial charge in [-0.05, 0) is 36.5 Å². The maximum absolute atomic E-state index is 6.32. The highest BCUT2D eigenvalue weighted by atomic mass is 79.9. The predicted octanol–water partition coefficient (Wildman–Crippen LogP) is 4.03. The smallest absolute Gasteiger partial charge is 0.0323 e. The van der Waals surface area contributed by atoms with Gasteiger partial charge in [-0.25, -0.2) is 0 Å². The maximum atomic E-state index is 6.32. The summed E-state index contributed by atoms with van der Waals surface area (Å²) >= 11 is 3.50. The molecule has 1 nitrogen and oxygen atoms in total. The van der Waals surface area contributed by atoms with Gasteiger partial charge < -0.3 is 5.73 Å². The second-order valence-corrected chi connectivity index (χ2v) is 5.39. The van der Waals surface area contributed by atoms with Gasteiger partial charge in [0.15, 0.2) is 0 Å². The van der Waals surface area contributed by atoms with Crippen molar-refractivity contribution in [3.8, 4) is 0 Å². The van der Waals surface area contributed by atoms with E-state index in [2.05, 4.69) is 40.2 Å². The van der Waals surface area contributed by atoms with Crippen molar-refractivity contribution in [1.82, 2.24) is 0 Å². The van der Waals surface area contributed by atoms with E-state index >= 15 is 0 Å². The fourth-order valence-corrected chi connectivity index (χ4v) is 2.90. The summed E-state index contributed by atoms with van der Waals surface area (Å²) in [5.41, 5.74) is 7.59. The van der Waals surface area contributed by atoms with Crippen LogP contribution in [-0.4, -0.2) is 0 Å². The lowest BCUT2D eigenvalue weighted by atomic mass is 9.82. The first-order valence-electron chi connectivity index (χ1n) is 5.78. The molecule has 0 radical (unpaired) electrons. The minimum atomic E-state index is 0.225. The molecule has 1 saturated carbocycles. The van der Waals surface area contributed by atoms with Gasteiger partial charge in [-0.2, -0.15) is 0 Å². The Morgan fingerprint density at radius 2 is 1.93 bits per heavy atom. The average molecular weight is 268 g/mol. The molecule has 0 spiro atoms. The molecular formula is C13H18BrN. The summed E-state index contributed by atoms with van der Waals surface area (Å²) in [5.74, 6) is 0.688. The fourth-order valence-electron chi connectivity index (χ4n) is 2.48. The lowest BCUT2D eigenvalue weighted by Gasteiger charge is -2.27. The van der Waals surface area contributed by atoms with Crippen LogP contribution in [0.1, 0.15) is 43.7 Å². The van der Waals surface area contributed by atoms with Crippen LogP contribution in [0, 0.1) is 5.92 Å². The molecule has 2 heteroatoms. The van der Waals surface area contributed by atoms with E-state index in [1.807, 2.05) is 0 Å². The molecule has 82 valence electrons. The molecule has 0 saturated heterocycles. The first kappa shape index (κ1) is 11.2. The minimum absolute atomic E-state index is 0.225. The summed E-state index contributed by atoms with van der Waals surface area (Å²) in [7, 11) is 0. The van der Waals surface area contributed by atoms with Crippen LogP contribution >= 0.6 is 15.9 Å². The van der Waals surface area contributed by atoms with Crippen LogP contribution in [0.5, 0.6) is 0 Å². The third kappa shape index (κ3) is 2.82. The van der Waals surface area contributed by atoms with E-state index in [-0.39, 0.29) is 6.04 Å². The van der Waals surface area contributed by atoms with Crippen molar-refractivity contribution in [3.05, 3.63) is 34.3 Å². The highest BCUT2D eigenvalue weighted by molar-refractivity contribution is 9.10. The van der Waals surface area contributed by atoms with E-state index in [1.54, 1.807) is 0 Å². The third-order valence-electron chi connectivity index (χ3n) is 3.39. The van der Waals surface area contributed by atoms with Gasteiger partial charge >= 0.3 is 0 Å². The zero-order valence-corrected chi connectivity index (χ0v) is 10.5. The standard InChI is InChI=1S/C13H18BrN/c14-12-8-4-7-11(9-12)13(15)10-5-2-1-3-6-10/h4,7-10,13H,1-3,5-6,15H2/t13-/m1/s1. The Balaban J connectivity index is 2.08. The van der Waals surface area contributed by atoms with Crippen molar-refractivity contribution < 1.29 is 0 Å². The van der Waals surface area contributed by atoms with Crippen molar-refractivity contribution in [1.29, 1.82) is 0 Å². The zero-order valence-electron chi connectivity index (χ0n) is 8.95. The number of rotatable bonds is 2. The summed E-state index contributed by atoms with van der Waals surface area (Å²) in [4.78, 5) is 0. The van der Waals surface area contributed by atoms with Crippen molar-refractivity contribution in [2.45, 2.75) is 38.1 Å². The molecular weight excluding hydrogens is 250 g/mol. The quantitative estimate of drug-likeness (QED) is 0.861. The molecule has 1 atom stereocenters. The molecule has 0 aliphatic heterocycles. The first-order valence-corrected chi connectivity index (χ1v) is 6.58. The predicted molar refractivity (Wildman–Crippen MR) is 67.6 cm³/mol. The highest BCUT2D eigenvalue weighted by Gasteiger charge is 2.21. The molecule has 1 aromatic rings. The molecule has 0 amide bonds. The molecule has 0 heterocycles. The second-order valence-electron chi connectivity index (χ2n) is 4.48. The van der Waals surface area contributed by atoms with E-state index in [0.29, 0.717) is 5.92 Å². The number of hydrogen-bond donors (Lipinski definition) is 1. The Hall–Kier alpha value is -0.340. The molecule has 1 aliphatic carbocycles. The number of hydrogen-bond acceptors (Lipinski definition) is 1. The van der Waals surface area contributed by atoms with E-state index < -0.39 is 0 Å². The molecule has 2 rings (SSSR count). The Morgan fingerprint density at radius 1 is 1.20 bits per heavy atom. The van der Waals surface area contributed by atoms with Gasteiger partial charge in [0, 0.05) is 10.5 Å². The van der Waals surface area contributed by atoms with Crippen LogP contribution in [0.2, 0.25) is 0 Å². The lowest BCUT2D eigenvalue weighted by Crippen LogP contribution is -2.23. The largest absolute Gasteiger partial charge is 0.324 e. The van der Waals surface area contributed by atoms with Gasteiger partial charge in [0.1, 0.15) is 0 Å². The lowest BCUT2D eigenvalue weighted by molar-refractivity contribution is 0.308. The van der Waals surface area contributed by atoms with Gasteiger partial charge in [0.2, 0.25) is 0 Å². The Morgan fingerprint density at radius 3 is 2.60 bits per heavy atom. The number of nitrogens with two attached hydrogens (primary N) is 1. The number of benzene rings is 1. The fraction of sp³-hybridized carbons (Fsp3) is 0.538. The molecule has 1 aliphatic rings. The van der Waals surface area contributed by atoms with E-state index in [4.69, 9.17) is 5.73 Å². The summed E-state index contributed by atoms with van der Waals surface area (Å²) in [6, 6.07) is 8.64. The topological polar surface area (TPSA) is 26.0 Å². The SMILES string of the molecule is N[C@@H](c1cccc(Br)c1)C1CCCCC1. The van der Waals surface area contributed by atoms with Gasteiger partial charge in [-0.1, -0.05) is 47.3 Å². The van der Waals surface area contributed by atoms with Gasteiger partial charge in [0.05, 0.1) is 0 Å². The van der Waals surface area contributed by atoms with Crippen LogP contribution in [0.4, 0.5) is 0 Å². The minimum Gasteiger partial charge on any atom is -0.324 e. The summed E-state index contributed by atoms with van der Waals surface area (Å²) in [6.45, 7) is 0. The van der Waals surface area contributed by atoms with Crippen LogP contribution in [0.15, 0.2) is 28.7 Å². The molecule has 0 bridgehead atoms. The van der Waals surface area contributed by atoms with Crippen molar-refractivity contribution in [3.63, 3.8) is 0 Å². The molecule has 1 fully saturated rings. The maximum Gasteiger partial charge on any atom is 0.0323 e. The van der Waals surface area contributed by atoms with Gasteiger partial charge in [-0.3, -0.25) is 0 Å². The van der Waals surface area contributed by atoms with Crippen LogP contribution in [0.25, 0.3) is 0 Å². The van der Waals surface area contributed by atoms with Crippen molar-refractivity contribution in [2.75, 3.05) is 0 Å². The van der Waals surface area contributed by atoms with Crippen LogP contribution < -0.4 is 5.73 Å². The van der Waals surface area contributed by atoms with E-state index in [9.17, 15) is 0 Å². The Kier molecular flexibility index (Phi) is 3.81. The molecule has 2 N–H and O–H groups in total. The summed E-state index contributed by atoms with van der Waals surface area (Å²) in [5, 5.41) is 0. The van der Waals surface area contributed by atoms with Crippen LogP contribution in [-0.2, 0) is 0 Å². The second kappa shape index (κ2) is 5.13.